The molecule has 24 heavy (non-hydrogen) atoms. The molecule has 8 nitrogen and oxygen atoms in total. The van der Waals surface area contributed by atoms with Gasteiger partial charge in [0.15, 0.2) is 0 Å². The van der Waals surface area contributed by atoms with Crippen molar-refractivity contribution in [3.8, 4) is 5.75 Å². The van der Waals surface area contributed by atoms with Crippen LogP contribution in [0.25, 0.3) is 0 Å². The first-order chi connectivity index (χ1) is 11.2. The number of ether oxygens (including phenoxy) is 1. The highest BCUT2D eigenvalue weighted by molar-refractivity contribution is 7.88. The topological polar surface area (TPSA) is 113 Å². The van der Waals surface area contributed by atoms with Gasteiger partial charge in [0.1, 0.15) is 17.4 Å². The molecule has 0 bridgehead atoms. The quantitative estimate of drug-likeness (QED) is 0.764. The number of carbonyl (C=O) groups is 2. The molecular formula is C15H20N2O6S. The summed E-state index contributed by atoms with van der Waals surface area (Å²) in [5, 5.41) is 11.8. The maximum Gasteiger partial charge on any atom is 0.339 e. The summed E-state index contributed by atoms with van der Waals surface area (Å²) in [5.74, 6) is -1.28. The molecule has 0 radical (unpaired) electrons. The van der Waals surface area contributed by atoms with E-state index in [1.54, 1.807) is 6.07 Å². The number of nitrogens with one attached hydrogen (secondary N) is 1. The number of benzene rings is 1. The summed E-state index contributed by atoms with van der Waals surface area (Å²) in [6, 6.07) is 3.87. The van der Waals surface area contributed by atoms with Gasteiger partial charge in [-0.3, -0.25) is 4.79 Å². The third-order valence-electron chi connectivity index (χ3n) is 3.89. The monoisotopic (exact) mass is 356 g/mol. The molecule has 1 saturated heterocycles. The Morgan fingerprint density at radius 3 is 2.71 bits per heavy atom. The minimum atomic E-state index is -3.43. The van der Waals surface area contributed by atoms with E-state index in [1.165, 1.54) is 23.5 Å². The average Bonchev–Trinajstić information content (AvgIpc) is 3.02. The van der Waals surface area contributed by atoms with Crippen LogP contribution >= 0.6 is 0 Å². The van der Waals surface area contributed by atoms with E-state index in [1.807, 2.05) is 0 Å². The summed E-state index contributed by atoms with van der Waals surface area (Å²) in [4.78, 5) is 23.5. The molecule has 0 spiro atoms. The van der Waals surface area contributed by atoms with Gasteiger partial charge < -0.3 is 15.2 Å². The minimum Gasteiger partial charge on any atom is -0.496 e. The highest BCUT2D eigenvalue weighted by atomic mass is 32.2. The number of carboxylic acids is 1. The van der Waals surface area contributed by atoms with Crippen molar-refractivity contribution in [3.05, 3.63) is 29.3 Å². The van der Waals surface area contributed by atoms with Gasteiger partial charge in [-0.1, -0.05) is 6.07 Å². The number of amides is 1. The Kier molecular flexibility index (Phi) is 5.45. The number of aromatic carboxylic acids is 1. The molecule has 1 aliphatic heterocycles. The third kappa shape index (κ3) is 4.04. The molecule has 2 N–H and O–H groups in total. The van der Waals surface area contributed by atoms with E-state index >= 15 is 0 Å². The van der Waals surface area contributed by atoms with Gasteiger partial charge in [0.25, 0.3) is 0 Å². The number of hydrogen-bond acceptors (Lipinski definition) is 5. The van der Waals surface area contributed by atoms with Crippen molar-refractivity contribution in [3.63, 3.8) is 0 Å². The van der Waals surface area contributed by atoms with Crippen molar-refractivity contribution >= 4 is 21.9 Å². The number of hydrogen-bond donors (Lipinski definition) is 2. The first-order valence-electron chi connectivity index (χ1n) is 7.38. The Labute approximate surface area is 140 Å². The Bertz CT molecular complexity index is 746. The van der Waals surface area contributed by atoms with E-state index in [2.05, 4.69) is 5.32 Å². The highest BCUT2D eigenvalue weighted by Gasteiger charge is 2.36. The molecule has 1 aromatic carbocycles. The molecule has 9 heteroatoms. The number of sulfonamides is 1. The largest absolute Gasteiger partial charge is 0.496 e. The summed E-state index contributed by atoms with van der Waals surface area (Å²) < 4.78 is 29.5. The van der Waals surface area contributed by atoms with Crippen molar-refractivity contribution < 1.29 is 27.9 Å². The lowest BCUT2D eigenvalue weighted by molar-refractivity contribution is -0.124. The second-order valence-electron chi connectivity index (χ2n) is 5.59. The molecule has 1 aromatic rings. The van der Waals surface area contributed by atoms with Gasteiger partial charge in [0.2, 0.25) is 15.9 Å². The molecular weight excluding hydrogens is 336 g/mol. The predicted molar refractivity (Wildman–Crippen MR) is 86.4 cm³/mol. The lowest BCUT2D eigenvalue weighted by atomic mass is 10.1. The molecule has 1 heterocycles. The van der Waals surface area contributed by atoms with Gasteiger partial charge in [-0.15, -0.1) is 0 Å². The standard InChI is InChI=1S/C15H20N2O6S/c1-23-13-6-5-10(8-11(13)15(19)20)9-16-14(18)12-4-3-7-17(12)24(2,21)22/h5-6,8,12H,3-4,7,9H2,1-2H3,(H,16,18)(H,19,20)/t12-/m0/s1. The molecule has 0 aromatic heterocycles. The smallest absolute Gasteiger partial charge is 0.339 e. The van der Waals surface area contributed by atoms with E-state index in [4.69, 9.17) is 9.84 Å². The fraction of sp³-hybridized carbons (Fsp3) is 0.467. The van der Waals surface area contributed by atoms with Gasteiger partial charge in [0.05, 0.1) is 13.4 Å². The van der Waals surface area contributed by atoms with Crippen LogP contribution in [0.2, 0.25) is 0 Å². The number of methoxy groups -OCH3 is 1. The second kappa shape index (κ2) is 7.18. The molecule has 1 amide bonds. The molecule has 0 unspecified atom stereocenters. The van der Waals surface area contributed by atoms with Crippen LogP contribution in [0, 0.1) is 0 Å². The Hall–Kier alpha value is -2.13. The van der Waals surface area contributed by atoms with E-state index in [-0.39, 0.29) is 23.8 Å². The van der Waals surface area contributed by atoms with E-state index in [9.17, 15) is 18.0 Å². The third-order valence-corrected chi connectivity index (χ3v) is 5.18. The molecule has 1 fully saturated rings. The van der Waals surface area contributed by atoms with Crippen LogP contribution in [-0.4, -0.2) is 55.7 Å². The molecule has 0 aliphatic carbocycles. The fourth-order valence-electron chi connectivity index (χ4n) is 2.74. The van der Waals surface area contributed by atoms with Crippen LogP contribution in [0.15, 0.2) is 18.2 Å². The SMILES string of the molecule is COc1ccc(CNC(=O)[C@@H]2CCCN2S(C)(=O)=O)cc1C(=O)O. The number of rotatable bonds is 6. The van der Waals surface area contributed by atoms with Gasteiger partial charge in [-0.05, 0) is 30.5 Å². The van der Waals surface area contributed by atoms with Crippen LogP contribution in [0.3, 0.4) is 0 Å². The number of nitrogens with zero attached hydrogens (tertiary/aromatic N) is 1. The summed E-state index contributed by atoms with van der Waals surface area (Å²) in [5.41, 5.74) is 0.591. The van der Waals surface area contributed by atoms with E-state index in [0.29, 0.717) is 24.9 Å². The molecule has 2 rings (SSSR count). The fourth-order valence-corrected chi connectivity index (χ4v) is 3.86. The Balaban J connectivity index is 2.07. The first kappa shape index (κ1) is 18.2. The normalized spacial score (nSPS) is 18.3. The highest BCUT2D eigenvalue weighted by Crippen LogP contribution is 2.22. The second-order valence-corrected chi connectivity index (χ2v) is 7.52. The van der Waals surface area contributed by atoms with Crippen molar-refractivity contribution in [2.24, 2.45) is 0 Å². The zero-order valence-electron chi connectivity index (χ0n) is 13.5. The van der Waals surface area contributed by atoms with Crippen molar-refractivity contribution in [1.29, 1.82) is 0 Å². The summed E-state index contributed by atoms with van der Waals surface area (Å²) in [6.45, 7) is 0.444. The summed E-state index contributed by atoms with van der Waals surface area (Å²) in [7, 11) is -2.05. The van der Waals surface area contributed by atoms with E-state index < -0.39 is 22.0 Å². The maximum atomic E-state index is 12.3. The maximum absolute atomic E-state index is 12.3. The number of carbonyl (C=O) groups excluding carboxylic acids is 1. The lowest BCUT2D eigenvalue weighted by Gasteiger charge is -2.21. The minimum absolute atomic E-state index is 0.00266. The molecule has 1 aliphatic rings. The van der Waals surface area contributed by atoms with Gasteiger partial charge in [0, 0.05) is 13.1 Å². The average molecular weight is 356 g/mol. The summed E-state index contributed by atoms with van der Waals surface area (Å²) >= 11 is 0. The zero-order valence-corrected chi connectivity index (χ0v) is 14.3. The zero-order chi connectivity index (χ0) is 17.9. The molecule has 1 atom stereocenters. The molecule has 0 saturated carbocycles. The summed E-state index contributed by atoms with van der Waals surface area (Å²) in [6.07, 6.45) is 2.19. The lowest BCUT2D eigenvalue weighted by Crippen LogP contribution is -2.45. The Morgan fingerprint density at radius 1 is 1.42 bits per heavy atom. The van der Waals surface area contributed by atoms with Gasteiger partial charge >= 0.3 is 5.97 Å². The van der Waals surface area contributed by atoms with E-state index in [0.717, 1.165) is 6.26 Å². The number of carboxylic acid groups (broad SMARTS) is 1. The molecule has 132 valence electrons. The van der Waals surface area contributed by atoms with Crippen LogP contribution in [0.4, 0.5) is 0 Å². The van der Waals surface area contributed by atoms with Crippen LogP contribution in [-0.2, 0) is 21.4 Å². The van der Waals surface area contributed by atoms with Crippen LogP contribution < -0.4 is 10.1 Å². The Morgan fingerprint density at radius 2 is 2.12 bits per heavy atom. The van der Waals surface area contributed by atoms with Gasteiger partial charge in [-0.25, -0.2) is 13.2 Å². The van der Waals surface area contributed by atoms with Crippen LogP contribution in [0.1, 0.15) is 28.8 Å². The van der Waals surface area contributed by atoms with Crippen molar-refractivity contribution in [2.75, 3.05) is 19.9 Å². The van der Waals surface area contributed by atoms with Crippen molar-refractivity contribution in [2.45, 2.75) is 25.4 Å². The first-order valence-corrected chi connectivity index (χ1v) is 9.23. The van der Waals surface area contributed by atoms with Crippen LogP contribution in [0.5, 0.6) is 5.75 Å². The van der Waals surface area contributed by atoms with Gasteiger partial charge in [-0.2, -0.15) is 4.31 Å². The predicted octanol–water partition coefficient (Wildman–Crippen LogP) is 0.434. The van der Waals surface area contributed by atoms with Crippen molar-refractivity contribution in [1.82, 2.24) is 9.62 Å².